The quantitative estimate of drug-likeness (QED) is 0.805. The first kappa shape index (κ1) is 13.6. The summed E-state index contributed by atoms with van der Waals surface area (Å²) < 4.78 is 22.1. The van der Waals surface area contributed by atoms with Crippen molar-refractivity contribution in [3.8, 4) is 0 Å². The fourth-order valence-electron chi connectivity index (χ4n) is 2.10. The zero-order valence-electron chi connectivity index (χ0n) is 11.0. The van der Waals surface area contributed by atoms with Gasteiger partial charge in [0.1, 0.15) is 6.61 Å². The normalized spacial score (nSPS) is 34.3. The molecule has 1 N–H and O–H groups in total. The molecule has 0 aliphatic carbocycles. The maximum atomic E-state index is 11.3. The van der Waals surface area contributed by atoms with Crippen molar-refractivity contribution in [2.45, 2.75) is 32.7 Å². The van der Waals surface area contributed by atoms with Crippen molar-refractivity contribution in [2.75, 3.05) is 33.0 Å². The lowest BCUT2D eigenvalue weighted by Crippen LogP contribution is -2.61. The molecule has 1 amide bonds. The van der Waals surface area contributed by atoms with Crippen molar-refractivity contribution in [1.29, 1.82) is 0 Å². The second-order valence-corrected chi connectivity index (χ2v) is 4.91. The van der Waals surface area contributed by atoms with E-state index in [2.05, 4.69) is 12.2 Å². The Balaban J connectivity index is 1.83. The molecule has 18 heavy (non-hydrogen) atoms. The number of ether oxygens (including phenoxy) is 4. The summed E-state index contributed by atoms with van der Waals surface area (Å²) in [6.07, 6.45) is 1.24. The van der Waals surface area contributed by atoms with E-state index in [1.54, 1.807) is 0 Å². The smallest absolute Gasteiger partial charge is 0.407 e. The minimum Gasteiger partial charge on any atom is -0.449 e. The fourth-order valence-corrected chi connectivity index (χ4v) is 2.10. The minimum atomic E-state index is -0.859. The van der Waals surface area contributed by atoms with Gasteiger partial charge in [-0.3, -0.25) is 0 Å². The maximum Gasteiger partial charge on any atom is 0.407 e. The maximum absolute atomic E-state index is 11.3. The third kappa shape index (κ3) is 2.76. The van der Waals surface area contributed by atoms with Crippen LogP contribution in [0.2, 0.25) is 0 Å². The van der Waals surface area contributed by atoms with Crippen LogP contribution in [0.5, 0.6) is 0 Å². The molecule has 3 rings (SSSR count). The summed E-state index contributed by atoms with van der Waals surface area (Å²) in [6.45, 7) is 6.22. The van der Waals surface area contributed by atoms with Crippen molar-refractivity contribution in [1.82, 2.24) is 5.32 Å². The summed E-state index contributed by atoms with van der Waals surface area (Å²) in [7, 11) is 0. The monoisotopic (exact) mass is 259 g/mol. The molecule has 104 valence electrons. The molecule has 0 aromatic carbocycles. The number of amides is 1. The summed E-state index contributed by atoms with van der Waals surface area (Å²) in [5.41, 5.74) is -0.361. The number of alkyl carbamates (subject to hydrolysis) is 1. The Morgan fingerprint density at radius 1 is 1.22 bits per heavy atom. The van der Waals surface area contributed by atoms with Gasteiger partial charge in [-0.2, -0.15) is 0 Å². The van der Waals surface area contributed by atoms with Crippen LogP contribution in [-0.2, 0) is 18.9 Å². The Morgan fingerprint density at radius 2 is 1.83 bits per heavy atom. The van der Waals surface area contributed by atoms with E-state index >= 15 is 0 Å². The molecule has 3 saturated heterocycles. The summed E-state index contributed by atoms with van der Waals surface area (Å²) in [6, 6.07) is 0. The van der Waals surface area contributed by atoms with Gasteiger partial charge in [0.15, 0.2) is 0 Å². The van der Waals surface area contributed by atoms with Crippen LogP contribution in [0.15, 0.2) is 0 Å². The molecule has 2 bridgehead atoms. The van der Waals surface area contributed by atoms with Gasteiger partial charge in [-0.05, 0) is 13.3 Å². The largest absolute Gasteiger partial charge is 0.449 e. The van der Waals surface area contributed by atoms with E-state index in [1.165, 1.54) is 0 Å². The van der Waals surface area contributed by atoms with Crippen molar-refractivity contribution in [2.24, 2.45) is 5.41 Å². The van der Waals surface area contributed by atoms with Gasteiger partial charge in [-0.1, -0.05) is 6.92 Å². The predicted molar refractivity (Wildman–Crippen MR) is 63.0 cm³/mol. The molecule has 0 radical (unpaired) electrons. The second kappa shape index (κ2) is 5.42. The van der Waals surface area contributed by atoms with Gasteiger partial charge >= 0.3 is 6.09 Å². The van der Waals surface area contributed by atoms with Crippen LogP contribution in [0, 0.1) is 5.41 Å². The van der Waals surface area contributed by atoms with Crippen LogP contribution < -0.4 is 5.32 Å². The molecule has 0 aromatic rings. The molecule has 3 aliphatic rings. The molecule has 6 nitrogen and oxygen atoms in total. The van der Waals surface area contributed by atoms with Crippen LogP contribution >= 0.6 is 0 Å². The van der Waals surface area contributed by atoms with Crippen LogP contribution in [-0.4, -0.2) is 45.0 Å². The molecule has 0 unspecified atom stereocenters. The SMILES string of the molecule is CCCC12OCC(COC(=O)NCC)(CO1)CO2. The topological polar surface area (TPSA) is 66.0 Å². The second-order valence-electron chi connectivity index (χ2n) is 4.91. The first-order valence-corrected chi connectivity index (χ1v) is 6.46. The minimum absolute atomic E-state index is 0.251. The van der Waals surface area contributed by atoms with Gasteiger partial charge in [0.05, 0.1) is 25.2 Å². The Morgan fingerprint density at radius 3 is 2.33 bits per heavy atom. The Labute approximate surface area is 107 Å². The molecule has 0 atom stereocenters. The van der Waals surface area contributed by atoms with Gasteiger partial charge in [0.2, 0.25) is 0 Å². The highest BCUT2D eigenvalue weighted by molar-refractivity contribution is 5.67. The van der Waals surface area contributed by atoms with Gasteiger partial charge in [0, 0.05) is 13.0 Å². The summed E-state index contributed by atoms with van der Waals surface area (Å²) in [4.78, 5) is 11.3. The highest BCUT2D eigenvalue weighted by Crippen LogP contribution is 2.40. The fraction of sp³-hybridized carbons (Fsp3) is 0.917. The predicted octanol–water partition coefficient (Wildman–Crippen LogP) is 1.25. The summed E-state index contributed by atoms with van der Waals surface area (Å²) in [5.74, 6) is -0.859. The molecule has 0 spiro atoms. The van der Waals surface area contributed by atoms with E-state index in [9.17, 15) is 4.79 Å². The first-order chi connectivity index (χ1) is 8.64. The van der Waals surface area contributed by atoms with E-state index in [1.807, 2.05) is 6.92 Å². The molecular weight excluding hydrogens is 238 g/mol. The summed E-state index contributed by atoms with van der Waals surface area (Å²) in [5, 5.41) is 2.58. The number of carbonyl (C=O) groups excluding carboxylic acids is 1. The molecule has 3 fully saturated rings. The molecule has 0 saturated carbocycles. The number of hydrogen-bond donors (Lipinski definition) is 1. The summed E-state index contributed by atoms with van der Waals surface area (Å²) >= 11 is 0. The molecule has 0 aromatic heterocycles. The Bertz CT molecular complexity index is 282. The zero-order valence-corrected chi connectivity index (χ0v) is 11.0. The highest BCUT2D eigenvalue weighted by atomic mass is 16.9. The van der Waals surface area contributed by atoms with E-state index in [4.69, 9.17) is 18.9 Å². The Kier molecular flexibility index (Phi) is 4.09. The van der Waals surface area contributed by atoms with E-state index in [0.29, 0.717) is 26.4 Å². The van der Waals surface area contributed by atoms with Crippen LogP contribution in [0.4, 0.5) is 4.79 Å². The van der Waals surface area contributed by atoms with Gasteiger partial charge in [-0.25, -0.2) is 4.79 Å². The number of carbonyl (C=O) groups is 1. The lowest BCUT2D eigenvalue weighted by Gasteiger charge is -2.51. The lowest BCUT2D eigenvalue weighted by molar-refractivity contribution is -0.471. The first-order valence-electron chi connectivity index (χ1n) is 6.46. The van der Waals surface area contributed by atoms with E-state index < -0.39 is 12.1 Å². The van der Waals surface area contributed by atoms with Crippen LogP contribution in [0.1, 0.15) is 26.7 Å². The number of fused-ring (bicyclic) bond motifs is 3. The number of rotatable bonds is 5. The third-order valence-electron chi connectivity index (χ3n) is 3.18. The number of hydrogen-bond acceptors (Lipinski definition) is 5. The van der Waals surface area contributed by atoms with Crippen LogP contribution in [0.25, 0.3) is 0 Å². The molecule has 3 heterocycles. The Hall–Kier alpha value is -0.850. The van der Waals surface area contributed by atoms with E-state index in [-0.39, 0.29) is 12.0 Å². The van der Waals surface area contributed by atoms with Crippen molar-refractivity contribution in [3.05, 3.63) is 0 Å². The van der Waals surface area contributed by atoms with Crippen molar-refractivity contribution in [3.63, 3.8) is 0 Å². The average Bonchev–Trinajstić information content (AvgIpc) is 2.40. The van der Waals surface area contributed by atoms with Crippen molar-refractivity contribution < 1.29 is 23.7 Å². The third-order valence-corrected chi connectivity index (χ3v) is 3.18. The van der Waals surface area contributed by atoms with Gasteiger partial charge in [0.25, 0.3) is 5.97 Å². The standard InChI is InChI=1S/C12H21NO5/c1-3-5-12-16-7-11(8-17-12,9-18-12)6-15-10(14)13-4-2/h3-9H2,1-2H3,(H,13,14). The van der Waals surface area contributed by atoms with Crippen molar-refractivity contribution >= 4 is 6.09 Å². The van der Waals surface area contributed by atoms with E-state index in [0.717, 1.165) is 12.8 Å². The van der Waals surface area contributed by atoms with Gasteiger partial charge < -0.3 is 24.3 Å². The van der Waals surface area contributed by atoms with Gasteiger partial charge in [-0.15, -0.1) is 0 Å². The van der Waals surface area contributed by atoms with Crippen LogP contribution in [0.3, 0.4) is 0 Å². The molecule has 6 heteroatoms. The molecular formula is C12H21NO5. The zero-order chi connectivity index (χ0) is 13.1. The lowest BCUT2D eigenvalue weighted by atomic mass is 9.89. The molecule has 3 aliphatic heterocycles. The average molecular weight is 259 g/mol. The highest BCUT2D eigenvalue weighted by Gasteiger charge is 2.52. The number of nitrogens with one attached hydrogen (secondary N) is 1.